The molecule has 0 bridgehead atoms. The molecule has 2 fully saturated rings. The highest BCUT2D eigenvalue weighted by Gasteiger charge is 2.33. The molecule has 5 nitrogen and oxygen atoms in total. The van der Waals surface area contributed by atoms with Crippen LogP contribution in [0.15, 0.2) is 0 Å². The van der Waals surface area contributed by atoms with Crippen LogP contribution >= 0.6 is 0 Å². The number of hydrogen-bond donors (Lipinski definition) is 1. The van der Waals surface area contributed by atoms with E-state index in [2.05, 4.69) is 9.80 Å². The number of carbonyl (C=O) groups is 1. The highest BCUT2D eigenvalue weighted by molar-refractivity contribution is 5.78. The van der Waals surface area contributed by atoms with Crippen LogP contribution in [0.3, 0.4) is 0 Å². The molecule has 2 aliphatic heterocycles. The zero-order valence-corrected chi connectivity index (χ0v) is 12.2. The Bertz CT molecular complexity index is 303. The summed E-state index contributed by atoms with van der Waals surface area (Å²) in [6, 6.07) is 0.304. The molecule has 0 saturated carbocycles. The van der Waals surface area contributed by atoms with Gasteiger partial charge in [-0.05, 0) is 39.8 Å². The highest BCUT2D eigenvalue weighted by atomic mass is 16.3. The van der Waals surface area contributed by atoms with E-state index in [9.17, 15) is 9.90 Å². The Morgan fingerprint density at radius 1 is 1.26 bits per heavy atom. The third kappa shape index (κ3) is 4.16. The molecule has 2 aliphatic rings. The fourth-order valence-corrected chi connectivity index (χ4v) is 3.18. The van der Waals surface area contributed by atoms with Gasteiger partial charge in [0.05, 0.1) is 12.6 Å². The minimum atomic E-state index is -0.279. The number of rotatable bonds is 4. The van der Waals surface area contributed by atoms with Gasteiger partial charge in [-0.15, -0.1) is 0 Å². The van der Waals surface area contributed by atoms with E-state index in [-0.39, 0.29) is 12.0 Å². The fourth-order valence-electron chi connectivity index (χ4n) is 3.18. The molecule has 19 heavy (non-hydrogen) atoms. The number of β-amino-alcohol motifs (C(OH)–C–C–N with tert-alkyl or cyclic N) is 1. The Labute approximate surface area is 116 Å². The fraction of sp³-hybridized carbons (Fsp3) is 0.929. The molecule has 2 heterocycles. The number of nitrogens with zero attached hydrogens (tertiary/aromatic N) is 3. The molecular weight excluding hydrogens is 242 g/mol. The third-order valence-electron chi connectivity index (χ3n) is 4.13. The zero-order chi connectivity index (χ0) is 13.8. The summed E-state index contributed by atoms with van der Waals surface area (Å²) in [4.78, 5) is 18.5. The maximum absolute atomic E-state index is 12.3. The van der Waals surface area contributed by atoms with Gasteiger partial charge >= 0.3 is 0 Å². The molecule has 5 heteroatoms. The monoisotopic (exact) mass is 269 g/mol. The first-order valence-corrected chi connectivity index (χ1v) is 7.41. The summed E-state index contributed by atoms with van der Waals surface area (Å²) in [6.07, 6.45) is 4.02. The van der Waals surface area contributed by atoms with Gasteiger partial charge in [-0.1, -0.05) is 0 Å². The summed E-state index contributed by atoms with van der Waals surface area (Å²) < 4.78 is 0. The van der Waals surface area contributed by atoms with Gasteiger partial charge in [0.1, 0.15) is 0 Å². The minimum absolute atomic E-state index is 0.234. The number of piperidine rings is 1. The van der Waals surface area contributed by atoms with E-state index in [0.717, 1.165) is 38.9 Å². The normalized spacial score (nSPS) is 29.2. The lowest BCUT2D eigenvalue weighted by Gasteiger charge is -2.31. The zero-order valence-electron chi connectivity index (χ0n) is 12.2. The van der Waals surface area contributed by atoms with Gasteiger partial charge in [0.15, 0.2) is 0 Å². The molecule has 1 amide bonds. The predicted molar refractivity (Wildman–Crippen MR) is 75.0 cm³/mol. The molecule has 0 spiro atoms. The molecular formula is C14H27N3O2. The van der Waals surface area contributed by atoms with E-state index in [0.29, 0.717) is 19.1 Å². The summed E-state index contributed by atoms with van der Waals surface area (Å²) in [5.74, 6) is 0.234. The minimum Gasteiger partial charge on any atom is -0.392 e. The first-order valence-electron chi connectivity index (χ1n) is 7.41. The van der Waals surface area contributed by atoms with Gasteiger partial charge in [-0.3, -0.25) is 9.69 Å². The molecule has 0 radical (unpaired) electrons. The van der Waals surface area contributed by atoms with Gasteiger partial charge in [0, 0.05) is 32.2 Å². The van der Waals surface area contributed by atoms with Gasteiger partial charge in [0.25, 0.3) is 0 Å². The smallest absolute Gasteiger partial charge is 0.236 e. The maximum atomic E-state index is 12.3. The van der Waals surface area contributed by atoms with Crippen LogP contribution in [0.25, 0.3) is 0 Å². The van der Waals surface area contributed by atoms with Crippen LogP contribution in [0.5, 0.6) is 0 Å². The van der Waals surface area contributed by atoms with Crippen LogP contribution in [0.2, 0.25) is 0 Å². The van der Waals surface area contributed by atoms with Crippen molar-refractivity contribution in [3.63, 3.8) is 0 Å². The van der Waals surface area contributed by atoms with Crippen molar-refractivity contribution in [2.45, 2.75) is 37.8 Å². The Balaban J connectivity index is 1.86. The van der Waals surface area contributed by atoms with Crippen molar-refractivity contribution in [2.24, 2.45) is 0 Å². The van der Waals surface area contributed by atoms with E-state index in [1.807, 2.05) is 19.0 Å². The van der Waals surface area contributed by atoms with E-state index in [1.54, 1.807) is 0 Å². The predicted octanol–water partition coefficient (Wildman–Crippen LogP) is -0.00430. The Kier molecular flexibility index (Phi) is 5.19. The number of carbonyl (C=O) groups excluding carboxylic acids is 1. The maximum Gasteiger partial charge on any atom is 0.236 e. The molecule has 2 saturated heterocycles. The van der Waals surface area contributed by atoms with Crippen LogP contribution in [0, 0.1) is 0 Å². The van der Waals surface area contributed by atoms with Gasteiger partial charge < -0.3 is 14.9 Å². The van der Waals surface area contributed by atoms with Crippen LogP contribution < -0.4 is 0 Å². The van der Waals surface area contributed by atoms with Crippen molar-refractivity contribution in [1.82, 2.24) is 14.7 Å². The second-order valence-corrected chi connectivity index (χ2v) is 6.18. The molecule has 0 aromatic rings. The number of aliphatic hydroxyl groups excluding tert-OH is 1. The van der Waals surface area contributed by atoms with Crippen LogP contribution in [0.1, 0.15) is 25.7 Å². The molecule has 2 unspecified atom stereocenters. The number of likely N-dealkylation sites (N-methyl/N-ethyl adjacent to an activating group) is 1. The molecule has 1 N–H and O–H groups in total. The van der Waals surface area contributed by atoms with Crippen molar-refractivity contribution in [3.05, 3.63) is 0 Å². The largest absolute Gasteiger partial charge is 0.392 e. The summed E-state index contributed by atoms with van der Waals surface area (Å²) in [6.45, 7) is 3.83. The lowest BCUT2D eigenvalue weighted by molar-refractivity contribution is -0.133. The third-order valence-corrected chi connectivity index (χ3v) is 4.13. The molecule has 0 aromatic heterocycles. The Hall–Kier alpha value is -0.650. The van der Waals surface area contributed by atoms with Crippen molar-refractivity contribution in [3.8, 4) is 0 Å². The Morgan fingerprint density at radius 2 is 1.95 bits per heavy atom. The number of likely N-dealkylation sites (tertiary alicyclic amines) is 2. The Morgan fingerprint density at radius 3 is 2.58 bits per heavy atom. The van der Waals surface area contributed by atoms with Crippen molar-refractivity contribution < 1.29 is 9.90 Å². The first-order chi connectivity index (χ1) is 9.06. The van der Waals surface area contributed by atoms with E-state index in [4.69, 9.17) is 0 Å². The standard InChI is InChI=1S/C14H27N3O2/c1-15(2)9-12-8-13(18)10-17(12)11-14(19)16-6-4-3-5-7-16/h12-13,18H,3-11H2,1-2H3. The lowest BCUT2D eigenvalue weighted by Crippen LogP contribution is -2.46. The summed E-state index contributed by atoms with van der Waals surface area (Å²) in [5.41, 5.74) is 0. The summed E-state index contributed by atoms with van der Waals surface area (Å²) >= 11 is 0. The van der Waals surface area contributed by atoms with E-state index >= 15 is 0 Å². The van der Waals surface area contributed by atoms with Crippen molar-refractivity contribution in [1.29, 1.82) is 0 Å². The molecule has 110 valence electrons. The number of amides is 1. The van der Waals surface area contributed by atoms with Crippen LogP contribution in [0.4, 0.5) is 0 Å². The topological polar surface area (TPSA) is 47.0 Å². The SMILES string of the molecule is CN(C)CC1CC(O)CN1CC(=O)N1CCCCC1. The number of hydrogen-bond acceptors (Lipinski definition) is 4. The van der Waals surface area contributed by atoms with E-state index < -0.39 is 0 Å². The number of aliphatic hydroxyl groups is 1. The average Bonchev–Trinajstić information content (AvgIpc) is 2.69. The van der Waals surface area contributed by atoms with Gasteiger partial charge in [0.2, 0.25) is 5.91 Å². The van der Waals surface area contributed by atoms with Gasteiger partial charge in [-0.2, -0.15) is 0 Å². The van der Waals surface area contributed by atoms with Crippen LogP contribution in [-0.4, -0.2) is 84.7 Å². The average molecular weight is 269 g/mol. The lowest BCUT2D eigenvalue weighted by atomic mass is 10.1. The summed E-state index contributed by atoms with van der Waals surface area (Å²) in [7, 11) is 4.07. The second-order valence-electron chi connectivity index (χ2n) is 6.18. The molecule has 2 atom stereocenters. The first kappa shape index (κ1) is 14.8. The van der Waals surface area contributed by atoms with E-state index in [1.165, 1.54) is 6.42 Å². The highest BCUT2D eigenvalue weighted by Crippen LogP contribution is 2.19. The molecule has 2 rings (SSSR count). The second kappa shape index (κ2) is 6.68. The van der Waals surface area contributed by atoms with Gasteiger partial charge in [-0.25, -0.2) is 0 Å². The molecule has 0 aliphatic carbocycles. The quantitative estimate of drug-likeness (QED) is 0.780. The summed E-state index contributed by atoms with van der Waals surface area (Å²) in [5, 5.41) is 9.82. The molecule has 0 aromatic carbocycles. The van der Waals surface area contributed by atoms with Crippen molar-refractivity contribution >= 4 is 5.91 Å². The van der Waals surface area contributed by atoms with Crippen molar-refractivity contribution in [2.75, 3.05) is 46.8 Å². The van der Waals surface area contributed by atoms with Crippen LogP contribution in [-0.2, 0) is 4.79 Å².